The molecule has 0 amide bonds. The van der Waals surface area contributed by atoms with E-state index in [4.69, 9.17) is 34.1 Å². The van der Waals surface area contributed by atoms with E-state index in [1.54, 1.807) is 18.2 Å². The van der Waals surface area contributed by atoms with Gasteiger partial charge in [-0.3, -0.25) is 0 Å². The van der Waals surface area contributed by atoms with Crippen LogP contribution in [0.3, 0.4) is 0 Å². The van der Waals surface area contributed by atoms with E-state index >= 15 is 0 Å². The van der Waals surface area contributed by atoms with Crippen molar-refractivity contribution in [3.05, 3.63) is 69.3 Å². The quantitative estimate of drug-likeness (QED) is 0.585. The lowest BCUT2D eigenvalue weighted by Crippen LogP contribution is -2.11. The monoisotopic (exact) mass is 450 g/mol. The summed E-state index contributed by atoms with van der Waals surface area (Å²) < 4.78 is 22.6. The number of rotatable bonds is 6. The van der Waals surface area contributed by atoms with Gasteiger partial charge in [0.15, 0.2) is 0 Å². The van der Waals surface area contributed by atoms with Crippen molar-refractivity contribution < 1.29 is 8.42 Å². The number of hydrogen-bond donors (Lipinski definition) is 2. The van der Waals surface area contributed by atoms with Gasteiger partial charge in [-0.1, -0.05) is 41.4 Å². The van der Waals surface area contributed by atoms with Crippen LogP contribution in [0.4, 0.5) is 5.95 Å². The first kappa shape index (κ1) is 21.5. The van der Waals surface area contributed by atoms with Gasteiger partial charge in [-0.2, -0.15) is 0 Å². The minimum absolute atomic E-state index is 0.103. The first-order valence-corrected chi connectivity index (χ1v) is 11.2. The Kier molecular flexibility index (Phi) is 6.43. The number of aromatic nitrogens is 2. The van der Waals surface area contributed by atoms with Crippen molar-refractivity contribution in [1.29, 1.82) is 0 Å². The van der Waals surface area contributed by atoms with Crippen LogP contribution in [-0.2, 0) is 22.9 Å². The third-order valence-corrected chi connectivity index (χ3v) is 6.39. The van der Waals surface area contributed by atoms with Crippen molar-refractivity contribution in [3.63, 3.8) is 0 Å². The Hall–Kier alpha value is -2.19. The maximum Gasteiger partial charge on any atom is 0.238 e. The summed E-state index contributed by atoms with van der Waals surface area (Å²) in [4.78, 5) is 8.75. The van der Waals surface area contributed by atoms with Gasteiger partial charge in [0.2, 0.25) is 16.0 Å². The highest BCUT2D eigenvalue weighted by Gasteiger charge is 2.12. The van der Waals surface area contributed by atoms with E-state index in [0.717, 1.165) is 35.2 Å². The molecule has 1 heterocycles. The van der Waals surface area contributed by atoms with Crippen LogP contribution in [0.5, 0.6) is 0 Å². The van der Waals surface area contributed by atoms with Gasteiger partial charge in [0.1, 0.15) is 0 Å². The molecule has 6 nitrogen and oxygen atoms in total. The molecule has 0 unspecified atom stereocenters. The van der Waals surface area contributed by atoms with Crippen LogP contribution in [0.2, 0.25) is 10.0 Å². The fourth-order valence-electron chi connectivity index (χ4n) is 3.03. The zero-order chi connectivity index (χ0) is 21.2. The Labute approximate surface area is 179 Å². The van der Waals surface area contributed by atoms with E-state index < -0.39 is 10.0 Å². The summed E-state index contributed by atoms with van der Waals surface area (Å²) in [6.07, 6.45) is 2.26. The van der Waals surface area contributed by atoms with Crippen LogP contribution in [0.1, 0.15) is 23.2 Å². The van der Waals surface area contributed by atoms with Crippen molar-refractivity contribution in [3.8, 4) is 11.3 Å². The molecular weight excluding hydrogens is 431 g/mol. The second kappa shape index (κ2) is 8.67. The summed E-state index contributed by atoms with van der Waals surface area (Å²) >= 11 is 12.3. The Morgan fingerprint density at radius 2 is 1.69 bits per heavy atom. The zero-order valence-electron chi connectivity index (χ0n) is 15.7. The minimum atomic E-state index is -3.68. The molecule has 0 saturated carbocycles. The molecule has 29 heavy (non-hydrogen) atoms. The molecule has 0 fully saturated rings. The Morgan fingerprint density at radius 3 is 2.34 bits per heavy atom. The van der Waals surface area contributed by atoms with Gasteiger partial charge in [-0.15, -0.1) is 0 Å². The number of nitrogens with zero attached hydrogens (tertiary/aromatic N) is 2. The second-order valence-corrected chi connectivity index (χ2v) is 9.03. The van der Waals surface area contributed by atoms with Crippen molar-refractivity contribution in [1.82, 2.24) is 9.97 Å². The average Bonchev–Trinajstić information content (AvgIpc) is 2.65. The third kappa shape index (κ3) is 5.25. The number of benzene rings is 2. The number of aryl methyl sites for hydroxylation is 2. The van der Waals surface area contributed by atoms with Gasteiger partial charge < -0.3 is 5.73 Å². The topological polar surface area (TPSA) is 112 Å². The molecule has 1 aromatic heterocycles. The first-order valence-electron chi connectivity index (χ1n) is 8.85. The highest BCUT2D eigenvalue weighted by atomic mass is 35.5. The molecule has 0 spiro atoms. The molecule has 2 aromatic carbocycles. The Bertz CT molecular complexity index is 1150. The number of nitrogens with two attached hydrogens (primary N) is 2. The summed E-state index contributed by atoms with van der Waals surface area (Å²) in [6.45, 7) is 1.88. The molecule has 3 aromatic rings. The molecule has 0 saturated heterocycles. The van der Waals surface area contributed by atoms with Gasteiger partial charge in [-0.05, 0) is 61.6 Å². The average molecular weight is 451 g/mol. The lowest BCUT2D eigenvalue weighted by atomic mass is 10.0. The number of sulfonamides is 1. The van der Waals surface area contributed by atoms with E-state index in [9.17, 15) is 8.42 Å². The van der Waals surface area contributed by atoms with Crippen molar-refractivity contribution in [2.45, 2.75) is 31.1 Å². The number of halogens is 2. The zero-order valence-corrected chi connectivity index (χ0v) is 18.0. The number of hydrogen-bond acceptors (Lipinski definition) is 5. The molecular formula is C20H20Cl2N4O2S. The van der Waals surface area contributed by atoms with E-state index in [0.29, 0.717) is 22.2 Å². The largest absolute Gasteiger partial charge is 0.368 e. The van der Waals surface area contributed by atoms with Crippen molar-refractivity contribution in [2.24, 2.45) is 5.14 Å². The van der Waals surface area contributed by atoms with Crippen LogP contribution in [0, 0.1) is 6.92 Å². The van der Waals surface area contributed by atoms with E-state index in [2.05, 4.69) is 9.97 Å². The van der Waals surface area contributed by atoms with Crippen molar-refractivity contribution in [2.75, 3.05) is 5.73 Å². The minimum Gasteiger partial charge on any atom is -0.368 e. The summed E-state index contributed by atoms with van der Waals surface area (Å²) in [6, 6.07) is 12.0. The highest BCUT2D eigenvalue weighted by Crippen LogP contribution is 2.33. The molecule has 0 atom stereocenters. The summed E-state index contributed by atoms with van der Waals surface area (Å²) in [5, 5.41) is 6.10. The molecule has 0 bridgehead atoms. The molecule has 4 N–H and O–H groups in total. The maximum atomic E-state index is 11.3. The summed E-state index contributed by atoms with van der Waals surface area (Å²) in [5.74, 6) is 0.195. The molecule has 152 valence electrons. The highest BCUT2D eigenvalue weighted by molar-refractivity contribution is 7.89. The van der Waals surface area contributed by atoms with Crippen LogP contribution >= 0.6 is 23.2 Å². The van der Waals surface area contributed by atoms with Gasteiger partial charge in [0, 0.05) is 11.3 Å². The summed E-state index contributed by atoms with van der Waals surface area (Å²) in [5.41, 5.74) is 10.1. The Morgan fingerprint density at radius 1 is 1.00 bits per heavy atom. The fourth-order valence-corrected chi connectivity index (χ4v) is 3.92. The van der Waals surface area contributed by atoms with Crippen LogP contribution in [0.15, 0.2) is 47.4 Å². The van der Waals surface area contributed by atoms with Crippen LogP contribution in [-0.4, -0.2) is 18.4 Å². The first-order chi connectivity index (χ1) is 13.6. The molecule has 3 rings (SSSR count). The molecule has 0 aliphatic rings. The Balaban J connectivity index is 1.73. The van der Waals surface area contributed by atoms with Gasteiger partial charge in [0.25, 0.3) is 0 Å². The van der Waals surface area contributed by atoms with E-state index in [-0.39, 0.29) is 10.8 Å². The molecule has 0 aliphatic carbocycles. The van der Waals surface area contributed by atoms with E-state index in [1.165, 1.54) is 12.1 Å². The maximum absolute atomic E-state index is 11.3. The number of primary sulfonamides is 1. The van der Waals surface area contributed by atoms with Crippen LogP contribution in [0.25, 0.3) is 11.3 Å². The van der Waals surface area contributed by atoms with Crippen molar-refractivity contribution >= 4 is 39.2 Å². The molecule has 9 heteroatoms. The van der Waals surface area contributed by atoms with E-state index in [1.807, 2.05) is 19.1 Å². The number of nitrogen functional groups attached to an aromatic ring is 1. The lowest BCUT2D eigenvalue weighted by molar-refractivity contribution is 0.597. The standard InChI is InChI=1S/C20H20Cl2N4O2S/c1-12-16(9-10-17(21)19(12)22)18-11-14(25-20(23)26-18)4-2-3-13-5-7-15(8-6-13)29(24,27)28/h5-11H,2-4H2,1H3,(H2,23,25,26)(H2,24,27,28). The number of anilines is 1. The fraction of sp³-hybridized carbons (Fsp3) is 0.200. The lowest BCUT2D eigenvalue weighted by Gasteiger charge is -2.10. The van der Waals surface area contributed by atoms with Crippen LogP contribution < -0.4 is 10.9 Å². The van der Waals surface area contributed by atoms with Gasteiger partial charge in [-0.25, -0.2) is 23.5 Å². The normalized spacial score (nSPS) is 11.6. The smallest absolute Gasteiger partial charge is 0.238 e. The van der Waals surface area contributed by atoms with Gasteiger partial charge in [0.05, 0.1) is 20.6 Å². The molecule has 0 radical (unpaired) electrons. The predicted molar refractivity (Wildman–Crippen MR) is 116 cm³/mol. The third-order valence-electron chi connectivity index (χ3n) is 4.56. The predicted octanol–water partition coefficient (Wildman–Crippen LogP) is 4.16. The second-order valence-electron chi connectivity index (χ2n) is 6.68. The molecule has 0 aliphatic heterocycles. The SMILES string of the molecule is Cc1c(-c2cc(CCCc3ccc(S(N)(=O)=O)cc3)nc(N)n2)ccc(Cl)c1Cl. The van der Waals surface area contributed by atoms with Gasteiger partial charge >= 0.3 is 0 Å². The summed E-state index contributed by atoms with van der Waals surface area (Å²) in [7, 11) is -3.68.